The van der Waals surface area contributed by atoms with Crippen molar-refractivity contribution in [3.05, 3.63) is 71.0 Å². The summed E-state index contributed by atoms with van der Waals surface area (Å²) in [7, 11) is 0. The summed E-state index contributed by atoms with van der Waals surface area (Å²) in [5, 5.41) is 9.22. The molecule has 2 nitrogen and oxygen atoms in total. The number of fused-ring (bicyclic) bond motifs is 1. The van der Waals surface area contributed by atoms with Crippen LogP contribution in [0.25, 0.3) is 5.57 Å². The van der Waals surface area contributed by atoms with Crippen LogP contribution in [-0.4, -0.2) is 11.7 Å². The van der Waals surface area contributed by atoms with E-state index in [2.05, 4.69) is 0 Å². The van der Waals surface area contributed by atoms with Crippen LogP contribution in [-0.2, 0) is 6.61 Å². The van der Waals surface area contributed by atoms with Gasteiger partial charge in [-0.15, -0.1) is 0 Å². The number of benzene rings is 2. The highest BCUT2D eigenvalue weighted by Crippen LogP contribution is 2.34. The van der Waals surface area contributed by atoms with Crippen molar-refractivity contribution in [1.82, 2.24) is 0 Å². The van der Waals surface area contributed by atoms with Crippen molar-refractivity contribution in [2.24, 2.45) is 0 Å². The van der Waals surface area contributed by atoms with E-state index < -0.39 is 0 Å². The normalized spacial score (nSPS) is 13.5. The third kappa shape index (κ3) is 2.25. The van der Waals surface area contributed by atoms with E-state index >= 15 is 0 Å². The van der Waals surface area contributed by atoms with Crippen LogP contribution in [0.15, 0.2) is 48.5 Å². The van der Waals surface area contributed by atoms with Gasteiger partial charge >= 0.3 is 0 Å². The highest BCUT2D eigenvalue weighted by Gasteiger charge is 2.15. The first-order chi connectivity index (χ1) is 9.28. The summed E-state index contributed by atoms with van der Waals surface area (Å²) in [6, 6.07) is 12.0. The van der Waals surface area contributed by atoms with Gasteiger partial charge in [-0.3, -0.25) is 0 Å². The zero-order valence-electron chi connectivity index (χ0n) is 10.3. The number of aliphatic hydroxyl groups excluding tert-OH is 1. The van der Waals surface area contributed by atoms with Crippen molar-refractivity contribution in [2.45, 2.75) is 6.61 Å². The van der Waals surface area contributed by atoms with Gasteiger partial charge in [0, 0.05) is 5.56 Å². The Balaban J connectivity index is 2.09. The quantitative estimate of drug-likeness (QED) is 0.894. The molecular weight excluding hydrogens is 243 g/mol. The molecule has 0 amide bonds. The minimum Gasteiger partial charge on any atom is -0.489 e. The van der Waals surface area contributed by atoms with Crippen LogP contribution >= 0.6 is 0 Å². The maximum absolute atomic E-state index is 13.0. The first kappa shape index (κ1) is 11.9. The number of ether oxygens (including phenoxy) is 1. The zero-order chi connectivity index (χ0) is 13.2. The molecule has 3 rings (SSSR count). The van der Waals surface area contributed by atoms with Crippen LogP contribution < -0.4 is 4.74 Å². The molecule has 1 heterocycles. The van der Waals surface area contributed by atoms with Gasteiger partial charge in [-0.1, -0.05) is 18.2 Å². The van der Waals surface area contributed by atoms with Gasteiger partial charge in [0.05, 0.1) is 6.61 Å². The van der Waals surface area contributed by atoms with Crippen LogP contribution in [0.4, 0.5) is 4.39 Å². The van der Waals surface area contributed by atoms with Crippen LogP contribution in [0.3, 0.4) is 0 Å². The second-order valence-electron chi connectivity index (χ2n) is 4.42. The molecule has 0 unspecified atom stereocenters. The molecule has 1 N–H and O–H groups in total. The van der Waals surface area contributed by atoms with Crippen molar-refractivity contribution in [2.75, 3.05) is 6.61 Å². The van der Waals surface area contributed by atoms with Crippen LogP contribution in [0, 0.1) is 5.82 Å². The van der Waals surface area contributed by atoms with Gasteiger partial charge in [0.25, 0.3) is 0 Å². The van der Waals surface area contributed by atoms with Gasteiger partial charge in [0.15, 0.2) is 0 Å². The van der Waals surface area contributed by atoms with Crippen molar-refractivity contribution >= 4 is 5.57 Å². The minimum atomic E-state index is -0.249. The van der Waals surface area contributed by atoms with E-state index in [4.69, 9.17) is 4.74 Å². The fourth-order valence-electron chi connectivity index (χ4n) is 2.24. The monoisotopic (exact) mass is 256 g/mol. The summed E-state index contributed by atoms with van der Waals surface area (Å²) in [5.74, 6) is 0.541. The molecule has 19 heavy (non-hydrogen) atoms. The molecule has 0 saturated heterocycles. The Morgan fingerprint density at radius 2 is 1.89 bits per heavy atom. The van der Waals surface area contributed by atoms with Crippen molar-refractivity contribution in [3.8, 4) is 5.75 Å². The number of aliphatic hydroxyl groups is 1. The Hall–Kier alpha value is -2.13. The molecule has 0 fully saturated rings. The average molecular weight is 256 g/mol. The van der Waals surface area contributed by atoms with E-state index in [0.29, 0.717) is 6.61 Å². The fraction of sp³-hybridized carbons (Fsp3) is 0.125. The van der Waals surface area contributed by atoms with Gasteiger partial charge in [0.2, 0.25) is 0 Å². The fourth-order valence-corrected chi connectivity index (χ4v) is 2.24. The van der Waals surface area contributed by atoms with E-state index in [-0.39, 0.29) is 12.4 Å². The van der Waals surface area contributed by atoms with Crippen LogP contribution in [0.2, 0.25) is 0 Å². The molecule has 3 heteroatoms. The Labute approximate surface area is 110 Å². The molecule has 1 aliphatic heterocycles. The largest absolute Gasteiger partial charge is 0.489 e. The SMILES string of the molecule is OCc1ccc2c(c1)C(c1ccc(F)cc1)=CCO2. The van der Waals surface area contributed by atoms with Gasteiger partial charge in [-0.25, -0.2) is 4.39 Å². The molecule has 0 bridgehead atoms. The molecule has 0 atom stereocenters. The standard InChI is InChI=1S/C16H13FO2/c17-13-4-2-12(3-5-13)14-7-8-19-16-6-1-11(10-18)9-15(14)16/h1-7,9,18H,8,10H2. The van der Waals surface area contributed by atoms with Crippen LogP contribution in [0.5, 0.6) is 5.75 Å². The lowest BCUT2D eigenvalue weighted by Gasteiger charge is -2.19. The molecular formula is C16H13FO2. The molecule has 0 saturated carbocycles. The Kier molecular flexibility index (Phi) is 3.05. The first-order valence-electron chi connectivity index (χ1n) is 6.11. The van der Waals surface area contributed by atoms with Crippen molar-refractivity contribution < 1.29 is 14.2 Å². The second-order valence-corrected chi connectivity index (χ2v) is 4.42. The van der Waals surface area contributed by atoms with E-state index in [1.807, 2.05) is 24.3 Å². The summed E-state index contributed by atoms with van der Waals surface area (Å²) < 4.78 is 18.6. The van der Waals surface area contributed by atoms with E-state index in [0.717, 1.165) is 28.0 Å². The number of halogens is 1. The Morgan fingerprint density at radius 3 is 2.63 bits per heavy atom. The van der Waals surface area contributed by atoms with Gasteiger partial charge in [-0.2, -0.15) is 0 Å². The molecule has 0 spiro atoms. The van der Waals surface area contributed by atoms with Crippen molar-refractivity contribution in [3.63, 3.8) is 0 Å². The predicted molar refractivity (Wildman–Crippen MR) is 71.3 cm³/mol. The van der Waals surface area contributed by atoms with Crippen LogP contribution in [0.1, 0.15) is 16.7 Å². The maximum atomic E-state index is 13.0. The van der Waals surface area contributed by atoms with E-state index in [1.165, 1.54) is 12.1 Å². The molecule has 0 radical (unpaired) electrons. The summed E-state index contributed by atoms with van der Waals surface area (Å²) in [4.78, 5) is 0. The number of rotatable bonds is 2. The van der Waals surface area contributed by atoms with Gasteiger partial charge < -0.3 is 9.84 Å². The zero-order valence-corrected chi connectivity index (χ0v) is 10.3. The Morgan fingerprint density at radius 1 is 1.11 bits per heavy atom. The average Bonchev–Trinajstić information content (AvgIpc) is 2.47. The lowest BCUT2D eigenvalue weighted by Crippen LogP contribution is -2.06. The third-order valence-electron chi connectivity index (χ3n) is 3.20. The summed E-state index contributed by atoms with van der Waals surface area (Å²) >= 11 is 0. The van der Waals surface area contributed by atoms with Gasteiger partial charge in [0.1, 0.15) is 18.2 Å². The number of hydrogen-bond donors (Lipinski definition) is 1. The third-order valence-corrected chi connectivity index (χ3v) is 3.20. The smallest absolute Gasteiger partial charge is 0.127 e. The first-order valence-corrected chi connectivity index (χ1v) is 6.11. The second kappa shape index (κ2) is 4.86. The van der Waals surface area contributed by atoms with Crippen molar-refractivity contribution in [1.29, 1.82) is 0 Å². The lowest BCUT2D eigenvalue weighted by molar-refractivity contribution is 0.281. The maximum Gasteiger partial charge on any atom is 0.127 e. The van der Waals surface area contributed by atoms with E-state index in [1.54, 1.807) is 12.1 Å². The summed E-state index contributed by atoms with van der Waals surface area (Å²) in [6.07, 6.45) is 1.97. The molecule has 2 aromatic rings. The Bertz CT molecular complexity index is 630. The highest BCUT2D eigenvalue weighted by atomic mass is 19.1. The molecule has 1 aliphatic rings. The highest BCUT2D eigenvalue weighted by molar-refractivity contribution is 5.84. The summed E-state index contributed by atoms with van der Waals surface area (Å²) in [5.41, 5.74) is 3.72. The van der Waals surface area contributed by atoms with Gasteiger partial charge in [-0.05, 0) is 47.0 Å². The summed E-state index contributed by atoms with van der Waals surface area (Å²) in [6.45, 7) is 0.488. The topological polar surface area (TPSA) is 29.5 Å². The van der Waals surface area contributed by atoms with E-state index in [9.17, 15) is 9.50 Å². The predicted octanol–water partition coefficient (Wildman–Crippen LogP) is 3.14. The molecule has 0 aliphatic carbocycles. The molecule has 2 aromatic carbocycles. The lowest BCUT2D eigenvalue weighted by atomic mass is 9.94. The molecule has 96 valence electrons. The molecule has 0 aromatic heterocycles. The minimum absolute atomic E-state index is 0.00994. The number of hydrogen-bond acceptors (Lipinski definition) is 2.